The lowest BCUT2D eigenvalue weighted by atomic mass is 10.1. The van der Waals surface area contributed by atoms with Crippen molar-refractivity contribution in [3.63, 3.8) is 0 Å². The number of benzene rings is 1. The van der Waals surface area contributed by atoms with E-state index in [1.165, 1.54) is 0 Å². The fraction of sp³-hybridized carbons (Fsp3) is 0.500. The number of nitrogens with two attached hydrogens (primary N) is 1. The number of aliphatic hydroxyl groups excluding tert-OH is 1. The van der Waals surface area contributed by atoms with Crippen LogP contribution < -0.4 is 10.6 Å². The van der Waals surface area contributed by atoms with Crippen LogP contribution in [0.1, 0.15) is 18.4 Å². The molecule has 1 aliphatic rings. The van der Waals surface area contributed by atoms with Gasteiger partial charge in [0.05, 0.1) is 25.0 Å². The van der Waals surface area contributed by atoms with E-state index in [1.54, 1.807) is 0 Å². The second-order valence-electron chi connectivity index (χ2n) is 4.81. The Hall–Kier alpha value is -0.690. The van der Waals surface area contributed by atoms with Gasteiger partial charge < -0.3 is 20.5 Å². The monoisotopic (exact) mass is 358 g/mol. The Bertz CT molecular complexity index is 476. The molecule has 0 spiro atoms. The quantitative estimate of drug-likeness (QED) is 0.789. The maximum absolute atomic E-state index is 8.77. The largest absolute Gasteiger partial charge is 0.394 e. The van der Waals surface area contributed by atoms with Crippen molar-refractivity contribution in [2.75, 3.05) is 31.2 Å². The molecule has 0 aliphatic carbocycles. The molecule has 1 aromatic rings. The summed E-state index contributed by atoms with van der Waals surface area (Å²) in [6, 6.07) is 5.97. The minimum absolute atomic E-state index is 0.0895. The van der Waals surface area contributed by atoms with Crippen LogP contribution in [0.3, 0.4) is 0 Å². The van der Waals surface area contributed by atoms with E-state index in [0.29, 0.717) is 11.6 Å². The Balaban J connectivity index is 1.98. The molecule has 4 nitrogen and oxygen atoms in total. The SMILES string of the molecule is NC(=S)c1ccc(N2CCC(OCCO)CC2)c(Br)c1. The summed E-state index contributed by atoms with van der Waals surface area (Å²) in [6.45, 7) is 2.41. The molecular formula is C14H19BrN2O2S. The normalized spacial score (nSPS) is 16.4. The molecule has 0 amide bonds. The van der Waals surface area contributed by atoms with Crippen LogP contribution in [0.5, 0.6) is 0 Å². The van der Waals surface area contributed by atoms with Gasteiger partial charge in [0, 0.05) is 23.1 Å². The van der Waals surface area contributed by atoms with Crippen LogP contribution in [0.2, 0.25) is 0 Å². The van der Waals surface area contributed by atoms with E-state index < -0.39 is 0 Å². The fourth-order valence-corrected chi connectivity index (χ4v) is 3.16. The highest BCUT2D eigenvalue weighted by Crippen LogP contribution is 2.30. The number of hydrogen-bond acceptors (Lipinski definition) is 4. The topological polar surface area (TPSA) is 58.7 Å². The summed E-state index contributed by atoms with van der Waals surface area (Å²) >= 11 is 8.57. The standard InChI is InChI=1S/C14H19BrN2O2S/c15-12-9-10(14(16)20)1-2-13(12)17-5-3-11(4-6-17)19-8-7-18/h1-2,9,11,18H,3-8H2,(H2,16,20). The average Bonchev–Trinajstić information content (AvgIpc) is 2.45. The average molecular weight is 359 g/mol. The van der Waals surface area contributed by atoms with E-state index in [2.05, 4.69) is 20.8 Å². The van der Waals surface area contributed by atoms with Gasteiger partial charge in [0.15, 0.2) is 0 Å². The molecule has 3 N–H and O–H groups in total. The van der Waals surface area contributed by atoms with Crippen LogP contribution in [0.25, 0.3) is 0 Å². The van der Waals surface area contributed by atoms with Gasteiger partial charge in [-0.05, 0) is 47.0 Å². The van der Waals surface area contributed by atoms with Gasteiger partial charge >= 0.3 is 0 Å². The second kappa shape index (κ2) is 7.36. The summed E-state index contributed by atoms with van der Waals surface area (Å²) in [5, 5.41) is 8.77. The van der Waals surface area contributed by atoms with Gasteiger partial charge in [-0.2, -0.15) is 0 Å². The Kier molecular flexibility index (Phi) is 5.77. The summed E-state index contributed by atoms with van der Waals surface area (Å²) in [5.41, 5.74) is 7.67. The van der Waals surface area contributed by atoms with Crippen LogP contribution >= 0.6 is 28.1 Å². The number of rotatable bonds is 5. The number of piperidine rings is 1. The van der Waals surface area contributed by atoms with Crippen molar-refractivity contribution in [2.45, 2.75) is 18.9 Å². The Morgan fingerprint density at radius 1 is 1.45 bits per heavy atom. The highest BCUT2D eigenvalue weighted by Gasteiger charge is 2.21. The molecule has 1 aliphatic heterocycles. The van der Waals surface area contributed by atoms with Crippen LogP contribution in [0.15, 0.2) is 22.7 Å². The molecule has 0 unspecified atom stereocenters. The smallest absolute Gasteiger partial charge is 0.104 e. The summed E-state index contributed by atoms with van der Waals surface area (Å²) in [4.78, 5) is 2.74. The Morgan fingerprint density at radius 3 is 2.70 bits per heavy atom. The van der Waals surface area contributed by atoms with E-state index in [4.69, 9.17) is 27.8 Å². The van der Waals surface area contributed by atoms with Gasteiger partial charge in [0.2, 0.25) is 0 Å². The summed E-state index contributed by atoms with van der Waals surface area (Å²) in [6.07, 6.45) is 2.21. The molecule has 110 valence electrons. The second-order valence-corrected chi connectivity index (χ2v) is 6.11. The van der Waals surface area contributed by atoms with Gasteiger partial charge in [-0.1, -0.05) is 12.2 Å². The first kappa shape index (κ1) is 15.7. The van der Waals surface area contributed by atoms with Crippen LogP contribution in [0.4, 0.5) is 5.69 Å². The van der Waals surface area contributed by atoms with Crippen LogP contribution in [0, 0.1) is 0 Å². The summed E-state index contributed by atoms with van der Waals surface area (Å²) in [7, 11) is 0. The van der Waals surface area contributed by atoms with E-state index in [1.807, 2.05) is 18.2 Å². The number of nitrogens with zero attached hydrogens (tertiary/aromatic N) is 1. The highest BCUT2D eigenvalue weighted by atomic mass is 79.9. The number of ether oxygens (including phenoxy) is 1. The van der Waals surface area contributed by atoms with Gasteiger partial charge in [-0.15, -0.1) is 0 Å². The molecule has 0 radical (unpaired) electrons. The number of anilines is 1. The van der Waals surface area contributed by atoms with E-state index in [-0.39, 0.29) is 12.7 Å². The molecule has 2 rings (SSSR count). The summed E-state index contributed by atoms with van der Waals surface area (Å²) in [5.74, 6) is 0. The molecule has 0 saturated carbocycles. The molecular weight excluding hydrogens is 340 g/mol. The molecule has 0 bridgehead atoms. The van der Waals surface area contributed by atoms with Crippen molar-refractivity contribution >= 4 is 38.8 Å². The maximum atomic E-state index is 8.77. The molecule has 0 aromatic heterocycles. The lowest BCUT2D eigenvalue weighted by Crippen LogP contribution is -2.37. The predicted molar refractivity (Wildman–Crippen MR) is 88.3 cm³/mol. The third-order valence-corrected chi connectivity index (χ3v) is 4.33. The van der Waals surface area contributed by atoms with Gasteiger partial charge in [0.25, 0.3) is 0 Å². The zero-order chi connectivity index (χ0) is 14.5. The van der Waals surface area contributed by atoms with E-state index >= 15 is 0 Å². The molecule has 1 fully saturated rings. The molecule has 20 heavy (non-hydrogen) atoms. The van der Waals surface area contributed by atoms with Crippen molar-refractivity contribution < 1.29 is 9.84 Å². The minimum atomic E-state index is 0.0895. The highest BCUT2D eigenvalue weighted by molar-refractivity contribution is 9.10. The van der Waals surface area contributed by atoms with Gasteiger partial charge in [-0.25, -0.2) is 0 Å². The van der Waals surface area contributed by atoms with Crippen molar-refractivity contribution in [3.8, 4) is 0 Å². The van der Waals surface area contributed by atoms with Crippen molar-refractivity contribution in [1.29, 1.82) is 0 Å². The number of hydrogen-bond donors (Lipinski definition) is 2. The molecule has 6 heteroatoms. The minimum Gasteiger partial charge on any atom is -0.394 e. The predicted octanol–water partition coefficient (Wildman–Crippen LogP) is 2.06. The zero-order valence-corrected chi connectivity index (χ0v) is 13.6. The number of aliphatic hydroxyl groups is 1. The zero-order valence-electron chi connectivity index (χ0n) is 11.2. The lowest BCUT2D eigenvalue weighted by Gasteiger charge is -2.34. The first-order valence-corrected chi connectivity index (χ1v) is 7.88. The van der Waals surface area contributed by atoms with Gasteiger partial charge in [0.1, 0.15) is 4.99 Å². The fourth-order valence-electron chi connectivity index (χ4n) is 2.40. The molecule has 1 aromatic carbocycles. The number of thiocarbonyl (C=S) groups is 1. The first-order chi connectivity index (χ1) is 9.61. The Morgan fingerprint density at radius 2 is 2.15 bits per heavy atom. The maximum Gasteiger partial charge on any atom is 0.104 e. The van der Waals surface area contributed by atoms with Crippen LogP contribution in [-0.4, -0.2) is 42.5 Å². The third kappa shape index (κ3) is 3.91. The summed E-state index contributed by atoms with van der Waals surface area (Å²) < 4.78 is 6.59. The molecule has 1 saturated heterocycles. The van der Waals surface area contributed by atoms with Crippen molar-refractivity contribution in [2.24, 2.45) is 5.73 Å². The molecule has 0 atom stereocenters. The van der Waals surface area contributed by atoms with Crippen LogP contribution in [-0.2, 0) is 4.74 Å². The Labute approximate surface area is 133 Å². The molecule has 1 heterocycles. The van der Waals surface area contributed by atoms with Crippen molar-refractivity contribution in [3.05, 3.63) is 28.2 Å². The van der Waals surface area contributed by atoms with Gasteiger partial charge in [-0.3, -0.25) is 0 Å². The first-order valence-electron chi connectivity index (χ1n) is 6.68. The third-order valence-electron chi connectivity index (χ3n) is 3.46. The lowest BCUT2D eigenvalue weighted by molar-refractivity contribution is 0.0159. The van der Waals surface area contributed by atoms with Crippen molar-refractivity contribution in [1.82, 2.24) is 0 Å². The number of halogens is 1. The van der Waals surface area contributed by atoms with E-state index in [0.717, 1.165) is 41.7 Å². The van der Waals surface area contributed by atoms with E-state index in [9.17, 15) is 0 Å².